The summed E-state index contributed by atoms with van der Waals surface area (Å²) in [4.78, 5) is 20.0. The van der Waals surface area contributed by atoms with Crippen molar-refractivity contribution in [3.05, 3.63) is 21.1 Å². The van der Waals surface area contributed by atoms with Crippen LogP contribution in [0, 0.1) is 17.3 Å². The largest absolute Gasteiger partial charge is 0.370 e. The molecule has 0 spiro atoms. The van der Waals surface area contributed by atoms with Crippen molar-refractivity contribution >= 4 is 44.9 Å². The minimum absolute atomic E-state index is 0.0865. The Morgan fingerprint density at radius 2 is 1.60 bits per heavy atom. The Hall–Kier alpha value is -2.20. The second-order valence-electron chi connectivity index (χ2n) is 11.5. The summed E-state index contributed by atoms with van der Waals surface area (Å²) >= 11 is 3.26. The van der Waals surface area contributed by atoms with E-state index in [4.69, 9.17) is 22.9 Å². The standard InChI is InChI=1S/C13H22N4S.C12H20N4S/c1-8(2)7-13(3)6-4-5-9-10(13)16-12(18-9)17-11(14)15;1-12(2,3)7-4-5-8-9(6-7)17-11(15-8)16-10(13)14/h8H,4-7H2,1-3H3,(H4,14,15,16,17);7H,4-6H2,1-3H3,(H4,13,14,15,16). The van der Waals surface area contributed by atoms with E-state index in [2.05, 4.69) is 61.5 Å². The average molecular weight is 519 g/mol. The van der Waals surface area contributed by atoms with Crippen LogP contribution in [0.2, 0.25) is 0 Å². The second-order valence-corrected chi connectivity index (χ2v) is 13.6. The molecule has 0 fully saturated rings. The molecule has 2 unspecified atom stereocenters. The van der Waals surface area contributed by atoms with Gasteiger partial charge in [0.05, 0.1) is 11.4 Å². The highest BCUT2D eigenvalue weighted by molar-refractivity contribution is 7.15. The SMILES string of the molecule is CC(C)(C)C1CCc2nc(N=C(N)N)sc2C1.CC(C)CC1(C)CCCc2sc(N=C(N)N)nc21. The average Bonchev–Trinajstić information content (AvgIpc) is 3.29. The van der Waals surface area contributed by atoms with E-state index in [9.17, 15) is 0 Å². The first-order chi connectivity index (χ1) is 16.3. The van der Waals surface area contributed by atoms with E-state index in [0.717, 1.165) is 25.2 Å². The van der Waals surface area contributed by atoms with Crippen LogP contribution < -0.4 is 22.9 Å². The molecule has 0 bridgehead atoms. The smallest absolute Gasteiger partial charge is 0.212 e. The first-order valence-corrected chi connectivity index (χ1v) is 14.1. The lowest BCUT2D eigenvalue weighted by Gasteiger charge is -2.34. The fourth-order valence-electron chi connectivity index (χ4n) is 5.25. The summed E-state index contributed by atoms with van der Waals surface area (Å²) in [6, 6.07) is 0. The zero-order chi connectivity index (χ0) is 26.0. The first-order valence-electron chi connectivity index (χ1n) is 12.4. The molecule has 4 rings (SSSR count). The summed E-state index contributed by atoms with van der Waals surface area (Å²) in [6.07, 6.45) is 8.10. The van der Waals surface area contributed by atoms with Gasteiger partial charge in [0.15, 0.2) is 11.9 Å². The van der Waals surface area contributed by atoms with Crippen LogP contribution in [0.3, 0.4) is 0 Å². The molecular formula is C25H42N8S2. The van der Waals surface area contributed by atoms with E-state index in [-0.39, 0.29) is 17.3 Å². The molecule has 2 heterocycles. The van der Waals surface area contributed by atoms with E-state index in [1.807, 2.05) is 0 Å². The summed E-state index contributed by atoms with van der Waals surface area (Å²) in [5, 5.41) is 1.40. The number of hydrogen-bond acceptors (Lipinski definition) is 6. The number of thiazole rings is 2. The van der Waals surface area contributed by atoms with Gasteiger partial charge in [0.25, 0.3) is 0 Å². The summed E-state index contributed by atoms with van der Waals surface area (Å²) in [5.41, 5.74) is 24.6. The van der Waals surface area contributed by atoms with Gasteiger partial charge in [-0.25, -0.2) is 9.97 Å². The highest BCUT2D eigenvalue weighted by Gasteiger charge is 2.36. The van der Waals surface area contributed by atoms with Gasteiger partial charge in [-0.1, -0.05) is 64.2 Å². The van der Waals surface area contributed by atoms with Crippen molar-refractivity contribution in [2.24, 2.45) is 50.2 Å². The lowest BCUT2D eigenvalue weighted by molar-refractivity contribution is 0.217. The maximum absolute atomic E-state index is 5.43. The molecule has 0 amide bonds. The Bertz CT molecular complexity index is 1070. The van der Waals surface area contributed by atoms with Crippen molar-refractivity contribution in [3.63, 3.8) is 0 Å². The van der Waals surface area contributed by atoms with Gasteiger partial charge in [-0.3, -0.25) is 0 Å². The maximum atomic E-state index is 5.43. The van der Waals surface area contributed by atoms with Gasteiger partial charge >= 0.3 is 0 Å². The highest BCUT2D eigenvalue weighted by Crippen LogP contribution is 2.45. The predicted molar refractivity (Wildman–Crippen MR) is 150 cm³/mol. The van der Waals surface area contributed by atoms with Crippen LogP contribution in [0.25, 0.3) is 0 Å². The molecule has 10 heteroatoms. The lowest BCUT2D eigenvalue weighted by Crippen LogP contribution is -2.29. The Morgan fingerprint density at radius 1 is 1.00 bits per heavy atom. The molecule has 0 aliphatic heterocycles. The van der Waals surface area contributed by atoms with Gasteiger partial charge in [-0.15, -0.1) is 0 Å². The van der Waals surface area contributed by atoms with Gasteiger partial charge in [-0.2, -0.15) is 9.98 Å². The van der Waals surface area contributed by atoms with E-state index in [1.54, 1.807) is 22.7 Å². The minimum atomic E-state index is 0.0865. The van der Waals surface area contributed by atoms with Crippen molar-refractivity contribution in [1.29, 1.82) is 0 Å². The van der Waals surface area contributed by atoms with Gasteiger partial charge in [0.1, 0.15) is 0 Å². The topological polar surface area (TPSA) is 155 Å². The molecular weight excluding hydrogens is 476 g/mol. The van der Waals surface area contributed by atoms with Crippen LogP contribution in [0.15, 0.2) is 9.98 Å². The number of aliphatic imine (C=N–C) groups is 2. The van der Waals surface area contributed by atoms with Gasteiger partial charge in [0, 0.05) is 15.2 Å². The van der Waals surface area contributed by atoms with Crippen LogP contribution in [-0.2, 0) is 24.7 Å². The van der Waals surface area contributed by atoms with Crippen LogP contribution in [0.4, 0.5) is 10.3 Å². The fourth-order valence-corrected chi connectivity index (χ4v) is 7.48. The molecule has 2 aromatic rings. The number of aromatic nitrogens is 2. The number of fused-ring (bicyclic) bond motifs is 2. The third-order valence-corrected chi connectivity index (χ3v) is 8.87. The fraction of sp³-hybridized carbons (Fsp3) is 0.680. The number of aryl methyl sites for hydroxylation is 2. The molecule has 2 aliphatic carbocycles. The molecule has 194 valence electrons. The monoisotopic (exact) mass is 518 g/mol. The zero-order valence-corrected chi connectivity index (χ0v) is 23.7. The van der Waals surface area contributed by atoms with Crippen LogP contribution in [-0.4, -0.2) is 21.9 Å². The summed E-state index contributed by atoms with van der Waals surface area (Å²) in [6.45, 7) is 13.8. The Labute approximate surface area is 217 Å². The molecule has 8 N–H and O–H groups in total. The molecule has 0 saturated carbocycles. The van der Waals surface area contributed by atoms with Gasteiger partial charge < -0.3 is 22.9 Å². The maximum Gasteiger partial charge on any atom is 0.212 e. The number of guanidine groups is 2. The van der Waals surface area contributed by atoms with Crippen molar-refractivity contribution in [3.8, 4) is 0 Å². The number of rotatable bonds is 4. The van der Waals surface area contributed by atoms with Crippen molar-refractivity contribution in [1.82, 2.24) is 9.97 Å². The molecule has 0 aromatic carbocycles. The first kappa shape index (κ1) is 27.4. The van der Waals surface area contributed by atoms with Crippen molar-refractivity contribution in [2.75, 3.05) is 0 Å². The van der Waals surface area contributed by atoms with E-state index >= 15 is 0 Å². The number of nitrogens with zero attached hydrogens (tertiary/aromatic N) is 4. The Morgan fingerprint density at radius 3 is 2.17 bits per heavy atom. The summed E-state index contributed by atoms with van der Waals surface area (Å²) < 4.78 is 0. The van der Waals surface area contributed by atoms with E-state index < -0.39 is 0 Å². The normalized spacial score (nSPS) is 21.4. The number of hydrogen-bond donors (Lipinski definition) is 4. The van der Waals surface area contributed by atoms with Crippen LogP contribution >= 0.6 is 22.7 Å². The Kier molecular flexibility index (Phi) is 8.47. The zero-order valence-electron chi connectivity index (χ0n) is 22.0. The summed E-state index contributed by atoms with van der Waals surface area (Å²) in [7, 11) is 0. The molecule has 2 atom stereocenters. The molecule has 0 saturated heterocycles. The van der Waals surface area contributed by atoms with E-state index in [1.165, 1.54) is 46.8 Å². The van der Waals surface area contributed by atoms with Crippen LogP contribution in [0.1, 0.15) is 88.4 Å². The summed E-state index contributed by atoms with van der Waals surface area (Å²) in [5.74, 6) is 1.58. The van der Waals surface area contributed by atoms with Crippen LogP contribution in [0.5, 0.6) is 0 Å². The molecule has 2 aliphatic rings. The molecule has 2 aromatic heterocycles. The van der Waals surface area contributed by atoms with Crippen molar-refractivity contribution in [2.45, 2.75) is 91.9 Å². The molecule has 35 heavy (non-hydrogen) atoms. The van der Waals surface area contributed by atoms with Crippen molar-refractivity contribution < 1.29 is 0 Å². The second kappa shape index (κ2) is 10.8. The van der Waals surface area contributed by atoms with Gasteiger partial charge in [-0.05, 0) is 62.2 Å². The highest BCUT2D eigenvalue weighted by atomic mass is 32.1. The molecule has 0 radical (unpaired) electrons. The Balaban J connectivity index is 0.000000196. The third kappa shape index (κ3) is 7.16. The number of nitrogens with two attached hydrogens (primary N) is 4. The minimum Gasteiger partial charge on any atom is -0.370 e. The quantitative estimate of drug-likeness (QED) is 0.334. The van der Waals surface area contributed by atoms with Gasteiger partial charge in [0.2, 0.25) is 10.3 Å². The van der Waals surface area contributed by atoms with E-state index in [0.29, 0.717) is 21.6 Å². The molecule has 8 nitrogen and oxygen atoms in total. The lowest BCUT2D eigenvalue weighted by atomic mass is 9.72. The third-order valence-electron chi connectivity index (χ3n) is 6.85. The predicted octanol–water partition coefficient (Wildman–Crippen LogP) is 4.89.